The van der Waals surface area contributed by atoms with E-state index < -0.39 is 0 Å². The molecule has 25 heavy (non-hydrogen) atoms. The summed E-state index contributed by atoms with van der Waals surface area (Å²) < 4.78 is 10.9. The molecular formula is C19H21NO3S2. The van der Waals surface area contributed by atoms with Crippen molar-refractivity contribution in [3.8, 4) is 11.5 Å². The van der Waals surface area contributed by atoms with E-state index in [1.807, 2.05) is 35.7 Å². The predicted octanol–water partition coefficient (Wildman–Crippen LogP) is 4.82. The van der Waals surface area contributed by atoms with E-state index in [-0.39, 0.29) is 5.91 Å². The fraction of sp³-hybridized carbons (Fsp3) is 0.316. The summed E-state index contributed by atoms with van der Waals surface area (Å²) in [6.45, 7) is 0. The van der Waals surface area contributed by atoms with Crippen LogP contribution in [0.4, 0.5) is 5.69 Å². The molecule has 1 fully saturated rings. The molecule has 0 atom stereocenters. The van der Waals surface area contributed by atoms with Gasteiger partial charge >= 0.3 is 0 Å². The maximum atomic E-state index is 12.5. The number of carbonyl (C=O) groups excluding carboxylic acids is 1. The van der Waals surface area contributed by atoms with Crippen LogP contribution in [0.25, 0.3) is 0 Å². The summed E-state index contributed by atoms with van der Waals surface area (Å²) in [6.07, 6.45) is 1.27. The summed E-state index contributed by atoms with van der Waals surface area (Å²) in [6, 6.07) is 13.2. The molecule has 1 aliphatic rings. The minimum absolute atomic E-state index is 0.147. The van der Waals surface area contributed by atoms with Crippen LogP contribution in [0.3, 0.4) is 0 Å². The van der Waals surface area contributed by atoms with Crippen molar-refractivity contribution in [2.24, 2.45) is 0 Å². The number of rotatable bonds is 5. The summed E-state index contributed by atoms with van der Waals surface area (Å²) in [5, 5.41) is 2.90. The first kappa shape index (κ1) is 18.0. The molecule has 1 heterocycles. The molecule has 0 spiro atoms. The van der Waals surface area contributed by atoms with Crippen LogP contribution in [0.2, 0.25) is 0 Å². The number of thioether (sulfide) groups is 2. The van der Waals surface area contributed by atoms with E-state index in [0.717, 1.165) is 0 Å². The molecule has 3 rings (SSSR count). The van der Waals surface area contributed by atoms with Crippen LogP contribution in [-0.4, -0.2) is 31.6 Å². The lowest BCUT2D eigenvalue weighted by molar-refractivity contribution is 0.102. The first-order valence-corrected chi connectivity index (χ1v) is 10.2. The average molecular weight is 376 g/mol. The molecule has 1 amide bonds. The molecule has 0 saturated carbocycles. The Balaban J connectivity index is 1.70. The second-order valence-electron chi connectivity index (χ2n) is 5.60. The Labute approximate surface area is 156 Å². The maximum absolute atomic E-state index is 12.5. The van der Waals surface area contributed by atoms with E-state index in [4.69, 9.17) is 9.47 Å². The normalized spacial score (nSPS) is 14.8. The fourth-order valence-electron chi connectivity index (χ4n) is 2.55. The van der Waals surface area contributed by atoms with Gasteiger partial charge in [0.05, 0.1) is 18.8 Å². The van der Waals surface area contributed by atoms with E-state index in [9.17, 15) is 4.79 Å². The maximum Gasteiger partial charge on any atom is 0.255 e. The van der Waals surface area contributed by atoms with Gasteiger partial charge in [0.2, 0.25) is 0 Å². The van der Waals surface area contributed by atoms with Gasteiger partial charge in [-0.15, -0.1) is 23.5 Å². The van der Waals surface area contributed by atoms with Crippen LogP contribution in [0.1, 0.15) is 26.9 Å². The summed E-state index contributed by atoms with van der Waals surface area (Å²) in [7, 11) is 3.17. The summed E-state index contributed by atoms with van der Waals surface area (Å²) in [4.78, 5) is 12.5. The van der Waals surface area contributed by atoms with Gasteiger partial charge in [-0.05, 0) is 35.6 Å². The van der Waals surface area contributed by atoms with Crippen molar-refractivity contribution in [3.63, 3.8) is 0 Å². The van der Waals surface area contributed by atoms with Crippen LogP contribution >= 0.6 is 23.5 Å². The van der Waals surface area contributed by atoms with Crippen molar-refractivity contribution >= 4 is 35.1 Å². The van der Waals surface area contributed by atoms with E-state index in [1.54, 1.807) is 32.4 Å². The van der Waals surface area contributed by atoms with Gasteiger partial charge in [-0.25, -0.2) is 0 Å². The van der Waals surface area contributed by atoms with E-state index in [0.29, 0.717) is 27.3 Å². The third kappa shape index (κ3) is 4.64. The highest BCUT2D eigenvalue weighted by Crippen LogP contribution is 2.43. The SMILES string of the molecule is COc1cc(NC(=O)c2ccc(C3SCCCS3)cc2)cc(OC)c1. The van der Waals surface area contributed by atoms with Gasteiger partial charge in [0.1, 0.15) is 11.5 Å². The number of hydrogen-bond donors (Lipinski definition) is 1. The Hall–Kier alpha value is -1.79. The third-order valence-corrected chi connectivity index (χ3v) is 6.90. The van der Waals surface area contributed by atoms with Crippen LogP contribution in [-0.2, 0) is 0 Å². The number of ether oxygens (including phenoxy) is 2. The first-order valence-electron chi connectivity index (χ1n) is 8.07. The molecule has 0 aromatic heterocycles. The van der Waals surface area contributed by atoms with Crippen LogP contribution < -0.4 is 14.8 Å². The molecule has 6 heteroatoms. The molecule has 1 saturated heterocycles. The molecule has 1 aliphatic heterocycles. The van der Waals surface area contributed by atoms with Gasteiger partial charge in [-0.2, -0.15) is 0 Å². The van der Waals surface area contributed by atoms with Crippen LogP contribution in [0.15, 0.2) is 42.5 Å². The van der Waals surface area contributed by atoms with Gasteiger partial charge in [0.15, 0.2) is 0 Å². The van der Waals surface area contributed by atoms with Gasteiger partial charge < -0.3 is 14.8 Å². The van der Waals surface area contributed by atoms with E-state index >= 15 is 0 Å². The number of anilines is 1. The Morgan fingerprint density at radius 2 is 1.60 bits per heavy atom. The lowest BCUT2D eigenvalue weighted by Gasteiger charge is -2.21. The minimum Gasteiger partial charge on any atom is -0.497 e. The van der Waals surface area contributed by atoms with Crippen LogP contribution in [0, 0.1) is 0 Å². The zero-order chi connectivity index (χ0) is 17.6. The second-order valence-corrected chi connectivity index (χ2v) is 8.33. The van der Waals surface area contributed by atoms with Gasteiger partial charge in [0.25, 0.3) is 5.91 Å². The molecule has 0 aliphatic carbocycles. The molecule has 0 bridgehead atoms. The molecule has 2 aromatic carbocycles. The molecule has 4 nitrogen and oxygen atoms in total. The first-order chi connectivity index (χ1) is 12.2. The fourth-order valence-corrected chi connectivity index (χ4v) is 5.45. The monoisotopic (exact) mass is 375 g/mol. The zero-order valence-corrected chi connectivity index (χ0v) is 15.9. The van der Waals surface area contributed by atoms with Crippen molar-refractivity contribution in [3.05, 3.63) is 53.6 Å². The summed E-state index contributed by atoms with van der Waals surface area (Å²) in [5.74, 6) is 3.54. The van der Waals surface area contributed by atoms with Crippen molar-refractivity contribution in [1.82, 2.24) is 0 Å². The van der Waals surface area contributed by atoms with Crippen LogP contribution in [0.5, 0.6) is 11.5 Å². The summed E-state index contributed by atoms with van der Waals surface area (Å²) in [5.41, 5.74) is 2.55. The average Bonchev–Trinajstić information content (AvgIpc) is 2.68. The highest BCUT2D eigenvalue weighted by molar-refractivity contribution is 8.16. The van der Waals surface area contributed by atoms with Crippen molar-refractivity contribution in [1.29, 1.82) is 0 Å². The number of benzene rings is 2. The van der Waals surface area contributed by atoms with E-state index in [1.165, 1.54) is 23.5 Å². The second kappa shape index (κ2) is 8.54. The smallest absolute Gasteiger partial charge is 0.255 e. The highest BCUT2D eigenvalue weighted by atomic mass is 32.2. The third-order valence-electron chi connectivity index (χ3n) is 3.88. The Morgan fingerprint density at radius 1 is 1.00 bits per heavy atom. The quantitative estimate of drug-likeness (QED) is 0.811. The lowest BCUT2D eigenvalue weighted by Crippen LogP contribution is -2.12. The number of hydrogen-bond acceptors (Lipinski definition) is 5. The van der Waals surface area contributed by atoms with Crippen molar-refractivity contribution < 1.29 is 14.3 Å². The minimum atomic E-state index is -0.147. The molecular weight excluding hydrogens is 354 g/mol. The highest BCUT2D eigenvalue weighted by Gasteiger charge is 2.17. The van der Waals surface area contributed by atoms with Crippen molar-refractivity contribution in [2.45, 2.75) is 11.0 Å². The topological polar surface area (TPSA) is 47.6 Å². The number of methoxy groups -OCH3 is 2. The Bertz CT molecular complexity index is 706. The van der Waals surface area contributed by atoms with Gasteiger partial charge in [-0.1, -0.05) is 12.1 Å². The Morgan fingerprint density at radius 3 is 2.16 bits per heavy atom. The Kier molecular flexibility index (Phi) is 6.15. The number of amides is 1. The standard InChI is InChI=1S/C19H21NO3S2/c1-22-16-10-15(11-17(12-16)23-2)20-18(21)13-4-6-14(7-5-13)19-24-8-3-9-25-19/h4-7,10-12,19H,3,8-9H2,1-2H3,(H,20,21). The van der Waals surface area contributed by atoms with Gasteiger partial charge in [0, 0.05) is 29.4 Å². The molecule has 0 radical (unpaired) electrons. The zero-order valence-electron chi connectivity index (χ0n) is 14.3. The number of carbonyl (C=O) groups is 1. The predicted molar refractivity (Wildman–Crippen MR) is 106 cm³/mol. The number of nitrogens with one attached hydrogen (secondary N) is 1. The van der Waals surface area contributed by atoms with Crippen molar-refractivity contribution in [2.75, 3.05) is 31.0 Å². The molecule has 132 valence electrons. The largest absolute Gasteiger partial charge is 0.497 e. The molecule has 2 aromatic rings. The lowest BCUT2D eigenvalue weighted by atomic mass is 10.1. The van der Waals surface area contributed by atoms with Gasteiger partial charge in [-0.3, -0.25) is 4.79 Å². The molecule has 1 N–H and O–H groups in total. The van der Waals surface area contributed by atoms with E-state index in [2.05, 4.69) is 17.4 Å². The molecule has 0 unspecified atom stereocenters. The summed E-state index contributed by atoms with van der Waals surface area (Å²) >= 11 is 3.95.